The molecule has 0 heterocycles. The van der Waals surface area contributed by atoms with E-state index in [1.807, 2.05) is 0 Å². The Morgan fingerprint density at radius 3 is 1.47 bits per heavy atom. The third-order valence-electron chi connectivity index (χ3n) is 1.48. The van der Waals surface area contributed by atoms with Crippen molar-refractivity contribution in [2.75, 3.05) is 0 Å². The summed E-state index contributed by atoms with van der Waals surface area (Å²) >= 11 is 0. The Bertz CT molecular complexity index is 150. The van der Waals surface area contributed by atoms with Crippen LogP contribution in [0.1, 0.15) is 73.1 Å². The predicted octanol–water partition coefficient (Wildman–Crippen LogP) is 0.226. The minimum Gasteiger partial charge on any atom is -0.852 e. The minimum absolute atomic E-state index is 0. The van der Waals surface area contributed by atoms with E-state index in [9.17, 15) is 20.1 Å². The Morgan fingerprint density at radius 1 is 0.895 bits per heavy atom. The van der Waals surface area contributed by atoms with Gasteiger partial charge in [0.1, 0.15) is 0 Å². The molecule has 0 spiro atoms. The second kappa shape index (κ2) is 23.0. The molecule has 4 nitrogen and oxygen atoms in total. The van der Waals surface area contributed by atoms with Gasteiger partial charge < -0.3 is 20.1 Å². The van der Waals surface area contributed by atoms with Gasteiger partial charge in [-0.1, -0.05) is 60.3 Å². The summed E-state index contributed by atoms with van der Waals surface area (Å²) in [7, 11) is 0. The molecule has 0 saturated carbocycles. The van der Waals surface area contributed by atoms with Crippen LogP contribution in [0.3, 0.4) is 0 Å². The van der Waals surface area contributed by atoms with Crippen LogP contribution in [0.15, 0.2) is 0 Å². The molecule has 0 atom stereocenters. The normalized spacial score (nSPS) is 8.89. The summed E-state index contributed by atoms with van der Waals surface area (Å²) in [5.41, 5.74) is 0. The molecule has 0 fully saturated rings. The van der Waals surface area contributed by atoms with Gasteiger partial charge in [0.2, 0.25) is 0 Å². The number of aliphatic carboxylic acids is 1. The molecule has 5 heteroatoms. The maximum absolute atomic E-state index is 9.92. The van der Waals surface area contributed by atoms with Gasteiger partial charge in [0, 0.05) is 5.97 Å². The van der Waals surface area contributed by atoms with Crippen molar-refractivity contribution in [2.24, 2.45) is 0 Å². The van der Waals surface area contributed by atoms with Crippen molar-refractivity contribution in [3.8, 4) is 0 Å². The quantitative estimate of drug-likeness (QED) is 0.517. The van der Waals surface area contributed by atoms with E-state index in [1.165, 1.54) is 12.8 Å². The molecule has 0 aromatic rings. The van der Waals surface area contributed by atoms with E-state index in [0.29, 0.717) is 0 Å². The van der Waals surface area contributed by atoms with Crippen LogP contribution in [-0.2, 0) is 4.79 Å². The van der Waals surface area contributed by atoms with Gasteiger partial charge in [-0.15, -0.1) is 12.2 Å². The average molecular weight is 288 g/mol. The van der Waals surface area contributed by atoms with Crippen LogP contribution in [0, 0.1) is 0 Å². The number of carboxylic acid groups (broad SMARTS) is 1. The first-order chi connectivity index (χ1) is 8.23. The van der Waals surface area contributed by atoms with Crippen molar-refractivity contribution >= 4 is 23.3 Å². The summed E-state index contributed by atoms with van der Waals surface area (Å²) < 4.78 is 0. The summed E-state index contributed by atoms with van der Waals surface area (Å²) in [4.78, 5) is 9.92. The Labute approximate surface area is 129 Å². The maximum Gasteiger partial charge on any atom is 3.00 e. The van der Waals surface area contributed by atoms with Crippen LogP contribution in [-0.4, -0.2) is 35.5 Å². The van der Waals surface area contributed by atoms with Crippen molar-refractivity contribution in [1.29, 1.82) is 0 Å². The first-order valence-corrected chi connectivity index (χ1v) is 6.75. The van der Waals surface area contributed by atoms with Gasteiger partial charge in [0.15, 0.2) is 0 Å². The van der Waals surface area contributed by atoms with Gasteiger partial charge in [0.05, 0.1) is 0 Å². The fourth-order valence-corrected chi connectivity index (χ4v) is 0.873. The summed E-state index contributed by atoms with van der Waals surface area (Å²) in [6.07, 6.45) is 4.77. The zero-order chi connectivity index (χ0) is 15.0. The minimum atomic E-state index is -0.920. The molecule has 0 unspecified atom stereocenters. The van der Waals surface area contributed by atoms with E-state index >= 15 is 0 Å². The molecule has 0 aromatic heterocycles. The van der Waals surface area contributed by atoms with Crippen molar-refractivity contribution in [2.45, 2.75) is 85.4 Å². The van der Waals surface area contributed by atoms with Crippen molar-refractivity contribution in [1.82, 2.24) is 0 Å². The molecule has 112 valence electrons. The van der Waals surface area contributed by atoms with Gasteiger partial charge in [0.25, 0.3) is 0 Å². The van der Waals surface area contributed by atoms with E-state index in [2.05, 4.69) is 6.92 Å². The first-order valence-electron chi connectivity index (χ1n) is 6.75. The molecule has 0 rings (SSSR count). The number of hydrogen-bond acceptors (Lipinski definition) is 4. The summed E-state index contributed by atoms with van der Waals surface area (Å²) in [5, 5.41) is 29.0. The molecule has 0 aliphatic rings. The summed E-state index contributed by atoms with van der Waals surface area (Å²) in [6, 6.07) is 0. The van der Waals surface area contributed by atoms with Crippen molar-refractivity contribution < 1.29 is 20.1 Å². The van der Waals surface area contributed by atoms with Crippen molar-refractivity contribution in [3.05, 3.63) is 0 Å². The van der Waals surface area contributed by atoms with Crippen LogP contribution < -0.4 is 15.3 Å². The standard InChI is InChI=1S/C8H16O2.2C3H7O.Al/c1-2-3-4-5-6-7-8(9)10;2*1-3(2)4;/h2-7H2,1H3,(H,9,10);2*3H,1-2H3;/q;2*-1;+3/p-1. The van der Waals surface area contributed by atoms with Gasteiger partial charge in [-0.3, -0.25) is 0 Å². The molecule has 19 heavy (non-hydrogen) atoms. The van der Waals surface area contributed by atoms with E-state index in [-0.39, 0.29) is 23.8 Å². The monoisotopic (exact) mass is 288 g/mol. The van der Waals surface area contributed by atoms with E-state index in [0.717, 1.165) is 19.3 Å². The zero-order valence-corrected chi connectivity index (χ0v) is 14.3. The molecule has 0 amide bonds. The largest absolute Gasteiger partial charge is 3.00 e. The molecular formula is C14H29AlO4. The van der Waals surface area contributed by atoms with Gasteiger partial charge in [-0.2, -0.15) is 0 Å². The Morgan fingerprint density at radius 2 is 1.21 bits per heavy atom. The molecule has 0 bridgehead atoms. The number of rotatable bonds is 6. The first kappa shape index (κ1) is 27.3. The van der Waals surface area contributed by atoms with Gasteiger partial charge in [-0.25, -0.2) is 0 Å². The second-order valence-corrected chi connectivity index (χ2v) is 4.63. The van der Waals surface area contributed by atoms with Gasteiger partial charge in [-0.05, 0) is 12.8 Å². The van der Waals surface area contributed by atoms with Crippen LogP contribution >= 0.6 is 0 Å². The number of carbonyl (C=O) groups excluding carboxylic acids is 1. The average Bonchev–Trinajstić information content (AvgIpc) is 2.15. The van der Waals surface area contributed by atoms with Gasteiger partial charge >= 0.3 is 17.4 Å². The molecule has 0 aromatic carbocycles. The number of unbranched alkanes of at least 4 members (excludes halogenated alkanes) is 4. The topological polar surface area (TPSA) is 86.2 Å². The third-order valence-corrected chi connectivity index (χ3v) is 1.48. The predicted molar refractivity (Wildman–Crippen MR) is 74.4 cm³/mol. The van der Waals surface area contributed by atoms with E-state index in [1.54, 1.807) is 27.7 Å². The van der Waals surface area contributed by atoms with Crippen molar-refractivity contribution in [3.63, 3.8) is 0 Å². The van der Waals surface area contributed by atoms with Crippen LogP contribution in [0.25, 0.3) is 0 Å². The molecule has 0 aliphatic heterocycles. The summed E-state index contributed by atoms with van der Waals surface area (Å²) in [5.74, 6) is -0.920. The molecule has 0 N–H and O–H groups in total. The van der Waals surface area contributed by atoms with Crippen LogP contribution in [0.2, 0.25) is 0 Å². The fourth-order valence-electron chi connectivity index (χ4n) is 0.873. The SMILES string of the molecule is CC(C)[O-].CC(C)[O-].CCCCCCCC(=O)[O-].[Al+3]. The number of carboxylic acids is 1. The van der Waals surface area contributed by atoms with E-state index < -0.39 is 18.2 Å². The smallest absolute Gasteiger partial charge is 0.852 e. The van der Waals surface area contributed by atoms with Crippen LogP contribution in [0.4, 0.5) is 0 Å². The number of carbonyl (C=O) groups is 1. The second-order valence-electron chi connectivity index (χ2n) is 4.63. The Balaban J connectivity index is -0.000000105. The Kier molecular flexibility index (Phi) is 33.1. The molecule has 0 radical (unpaired) electrons. The zero-order valence-electron chi connectivity index (χ0n) is 13.1. The maximum atomic E-state index is 9.92. The van der Waals surface area contributed by atoms with E-state index in [4.69, 9.17) is 0 Å². The third kappa shape index (κ3) is 94.8. The number of hydrogen-bond donors (Lipinski definition) is 0. The van der Waals surface area contributed by atoms with Crippen LogP contribution in [0.5, 0.6) is 0 Å². The molecular weight excluding hydrogens is 259 g/mol. The Hall–Kier alpha value is -0.0775. The fraction of sp³-hybridized carbons (Fsp3) is 0.929. The molecule has 0 saturated heterocycles. The molecule has 0 aliphatic carbocycles. The summed E-state index contributed by atoms with van der Waals surface area (Å²) in [6.45, 7) is 8.58.